The fraction of sp³-hybridized carbons (Fsp3) is 0.348. The summed E-state index contributed by atoms with van der Waals surface area (Å²) in [6.45, 7) is 2.41. The Labute approximate surface area is 204 Å². The SMILES string of the molecule is C[C@H](Sc1nc(CN2CCOCC2)nc2ccccc12)C(=O)Nc1ccc(OC(F)F)c(Cl)c1. The van der Waals surface area contributed by atoms with Crippen molar-refractivity contribution >= 4 is 45.9 Å². The molecule has 3 aromatic rings. The average Bonchev–Trinajstić information content (AvgIpc) is 2.81. The molecule has 1 aliphatic rings. The smallest absolute Gasteiger partial charge is 0.387 e. The first kappa shape index (κ1) is 24.6. The molecular weight excluding hydrogens is 486 g/mol. The Hall–Kier alpha value is -2.53. The number of ether oxygens (including phenoxy) is 2. The van der Waals surface area contributed by atoms with Crippen LogP contribution in [0, 0.1) is 0 Å². The van der Waals surface area contributed by atoms with Gasteiger partial charge in [-0.1, -0.05) is 41.6 Å². The summed E-state index contributed by atoms with van der Waals surface area (Å²) in [4.78, 5) is 24.5. The molecule has 1 aromatic heterocycles. The lowest BCUT2D eigenvalue weighted by atomic mass is 10.2. The first-order valence-electron chi connectivity index (χ1n) is 10.7. The number of fused-ring (bicyclic) bond motifs is 1. The molecule has 11 heteroatoms. The van der Waals surface area contributed by atoms with Gasteiger partial charge in [-0.2, -0.15) is 8.78 Å². The standard InChI is InChI=1S/C23H23ClF2N4O3S/c1-14(21(31)27-15-6-7-19(17(24)12-15)33-23(25)26)34-22-16-4-2-3-5-18(16)28-20(29-22)13-30-8-10-32-11-9-30/h2-7,12,14,23H,8-11,13H2,1H3,(H,27,31)/t14-/m0/s1. The zero-order valence-corrected chi connectivity index (χ0v) is 19.9. The first-order valence-corrected chi connectivity index (χ1v) is 11.9. The van der Waals surface area contributed by atoms with Crippen molar-refractivity contribution in [2.75, 3.05) is 31.6 Å². The van der Waals surface area contributed by atoms with Crippen molar-refractivity contribution in [3.05, 3.63) is 53.3 Å². The number of aromatic nitrogens is 2. The third-order valence-electron chi connectivity index (χ3n) is 5.16. The average molecular weight is 509 g/mol. The van der Waals surface area contributed by atoms with Crippen LogP contribution in [0.2, 0.25) is 5.02 Å². The molecule has 0 radical (unpaired) electrons. The zero-order chi connectivity index (χ0) is 24.1. The minimum absolute atomic E-state index is 0.0204. The molecule has 2 heterocycles. The molecule has 1 aliphatic heterocycles. The predicted molar refractivity (Wildman–Crippen MR) is 128 cm³/mol. The minimum Gasteiger partial charge on any atom is -0.433 e. The van der Waals surface area contributed by atoms with Crippen LogP contribution in [0.1, 0.15) is 12.7 Å². The topological polar surface area (TPSA) is 76.6 Å². The van der Waals surface area contributed by atoms with Crippen LogP contribution in [0.5, 0.6) is 5.75 Å². The number of alkyl halides is 2. The zero-order valence-electron chi connectivity index (χ0n) is 18.3. The van der Waals surface area contributed by atoms with E-state index >= 15 is 0 Å². The number of carbonyl (C=O) groups excluding carboxylic acids is 1. The van der Waals surface area contributed by atoms with E-state index in [1.807, 2.05) is 24.3 Å². The third-order valence-corrected chi connectivity index (χ3v) is 6.55. The third kappa shape index (κ3) is 6.32. The summed E-state index contributed by atoms with van der Waals surface area (Å²) < 4.78 is 34.6. The van der Waals surface area contributed by atoms with Crippen LogP contribution < -0.4 is 10.1 Å². The normalized spacial score (nSPS) is 15.4. The maximum absolute atomic E-state index is 12.8. The second kappa shape index (κ2) is 11.3. The Morgan fingerprint density at radius 3 is 2.74 bits per heavy atom. The molecule has 0 aliphatic carbocycles. The number of hydrogen-bond acceptors (Lipinski definition) is 7. The van der Waals surface area contributed by atoms with Crippen LogP contribution in [0.15, 0.2) is 47.5 Å². The van der Waals surface area contributed by atoms with Gasteiger partial charge in [-0.15, -0.1) is 0 Å². The predicted octanol–water partition coefficient (Wildman–Crippen LogP) is 4.84. The van der Waals surface area contributed by atoms with Gasteiger partial charge in [0.05, 0.1) is 35.5 Å². The molecule has 1 amide bonds. The van der Waals surface area contributed by atoms with Gasteiger partial charge in [0.25, 0.3) is 0 Å². The van der Waals surface area contributed by atoms with Crippen LogP contribution in [0.4, 0.5) is 14.5 Å². The van der Waals surface area contributed by atoms with Crippen LogP contribution in [-0.4, -0.2) is 58.9 Å². The highest BCUT2D eigenvalue weighted by molar-refractivity contribution is 8.00. The maximum atomic E-state index is 12.8. The molecule has 34 heavy (non-hydrogen) atoms. The summed E-state index contributed by atoms with van der Waals surface area (Å²) in [5, 5.41) is 3.83. The molecular formula is C23H23ClF2N4O3S. The monoisotopic (exact) mass is 508 g/mol. The van der Waals surface area contributed by atoms with Crippen molar-refractivity contribution in [2.24, 2.45) is 0 Å². The minimum atomic E-state index is -2.98. The molecule has 1 saturated heterocycles. The Balaban J connectivity index is 1.48. The quantitative estimate of drug-likeness (QED) is 0.345. The van der Waals surface area contributed by atoms with Crippen molar-refractivity contribution < 1.29 is 23.0 Å². The van der Waals surface area contributed by atoms with E-state index in [1.54, 1.807) is 6.92 Å². The van der Waals surface area contributed by atoms with Crippen LogP contribution in [0.25, 0.3) is 10.9 Å². The van der Waals surface area contributed by atoms with Gasteiger partial charge in [-0.25, -0.2) is 9.97 Å². The number of benzene rings is 2. The van der Waals surface area contributed by atoms with Gasteiger partial charge in [-0.3, -0.25) is 9.69 Å². The van der Waals surface area contributed by atoms with Gasteiger partial charge in [0.2, 0.25) is 5.91 Å². The molecule has 1 fully saturated rings. The number of anilines is 1. The lowest BCUT2D eigenvalue weighted by molar-refractivity contribution is -0.115. The molecule has 0 bridgehead atoms. The number of nitrogens with zero attached hydrogens (tertiary/aromatic N) is 3. The van der Waals surface area contributed by atoms with Gasteiger partial charge >= 0.3 is 6.61 Å². The molecule has 7 nitrogen and oxygen atoms in total. The molecule has 0 saturated carbocycles. The Kier molecular flexibility index (Phi) is 8.15. The van der Waals surface area contributed by atoms with E-state index in [9.17, 15) is 13.6 Å². The Morgan fingerprint density at radius 2 is 2.00 bits per heavy atom. The Morgan fingerprint density at radius 1 is 1.24 bits per heavy atom. The number of nitrogens with one attached hydrogen (secondary N) is 1. The van der Waals surface area contributed by atoms with E-state index in [0.29, 0.717) is 31.3 Å². The van der Waals surface area contributed by atoms with Gasteiger partial charge in [-0.05, 0) is 31.2 Å². The second-order valence-electron chi connectivity index (χ2n) is 7.62. The second-order valence-corrected chi connectivity index (χ2v) is 9.36. The van der Waals surface area contributed by atoms with E-state index in [2.05, 4.69) is 15.0 Å². The maximum Gasteiger partial charge on any atom is 0.387 e. The number of morpholine rings is 1. The van der Waals surface area contributed by atoms with Gasteiger partial charge in [0.1, 0.15) is 16.6 Å². The van der Waals surface area contributed by atoms with Crippen molar-refractivity contribution in [3.8, 4) is 5.75 Å². The van der Waals surface area contributed by atoms with Crippen LogP contribution in [0.3, 0.4) is 0 Å². The van der Waals surface area contributed by atoms with Crippen molar-refractivity contribution in [1.82, 2.24) is 14.9 Å². The van der Waals surface area contributed by atoms with Gasteiger partial charge in [0, 0.05) is 24.2 Å². The Bertz CT molecular complexity index is 1160. The number of halogens is 3. The van der Waals surface area contributed by atoms with Gasteiger partial charge in [0.15, 0.2) is 0 Å². The summed E-state index contributed by atoms with van der Waals surface area (Å²) in [6.07, 6.45) is 0. The number of carbonyl (C=O) groups is 1. The first-order chi connectivity index (χ1) is 16.4. The summed E-state index contributed by atoms with van der Waals surface area (Å²) in [7, 11) is 0. The fourth-order valence-corrected chi connectivity index (χ4v) is 4.63. The van der Waals surface area contributed by atoms with Crippen LogP contribution >= 0.6 is 23.4 Å². The van der Waals surface area contributed by atoms with Crippen molar-refractivity contribution in [2.45, 2.75) is 30.4 Å². The molecule has 4 rings (SSSR count). The largest absolute Gasteiger partial charge is 0.433 e. The van der Waals surface area contributed by atoms with Crippen molar-refractivity contribution in [1.29, 1.82) is 0 Å². The lowest BCUT2D eigenvalue weighted by Gasteiger charge is -2.26. The summed E-state index contributed by atoms with van der Waals surface area (Å²) >= 11 is 7.31. The molecule has 0 spiro atoms. The highest BCUT2D eigenvalue weighted by atomic mass is 35.5. The molecule has 0 unspecified atom stereocenters. The molecule has 1 atom stereocenters. The van der Waals surface area contributed by atoms with Crippen molar-refractivity contribution in [3.63, 3.8) is 0 Å². The number of amides is 1. The number of thioether (sulfide) groups is 1. The molecule has 2 aromatic carbocycles. The van der Waals surface area contributed by atoms with E-state index in [-0.39, 0.29) is 16.7 Å². The van der Waals surface area contributed by atoms with Crippen LogP contribution in [-0.2, 0) is 16.1 Å². The molecule has 1 N–H and O–H groups in total. The van der Waals surface area contributed by atoms with E-state index < -0.39 is 11.9 Å². The number of hydrogen-bond donors (Lipinski definition) is 1. The van der Waals surface area contributed by atoms with E-state index in [0.717, 1.165) is 29.0 Å². The van der Waals surface area contributed by atoms with E-state index in [1.165, 1.54) is 30.0 Å². The highest BCUT2D eigenvalue weighted by Crippen LogP contribution is 2.31. The summed E-state index contributed by atoms with van der Waals surface area (Å²) in [5.74, 6) is 0.260. The summed E-state index contributed by atoms with van der Waals surface area (Å²) in [6, 6.07) is 11.8. The highest BCUT2D eigenvalue weighted by Gasteiger charge is 2.20. The molecule has 180 valence electrons. The van der Waals surface area contributed by atoms with Gasteiger partial charge < -0.3 is 14.8 Å². The number of rotatable bonds is 8. The lowest BCUT2D eigenvalue weighted by Crippen LogP contribution is -2.36. The van der Waals surface area contributed by atoms with E-state index in [4.69, 9.17) is 26.3 Å². The fourth-order valence-electron chi connectivity index (χ4n) is 3.45. The summed E-state index contributed by atoms with van der Waals surface area (Å²) in [5.41, 5.74) is 1.20. The number of para-hydroxylation sites is 1.